The topological polar surface area (TPSA) is 396 Å². The van der Waals surface area contributed by atoms with Crippen molar-refractivity contribution in [2.75, 3.05) is 26.2 Å². The number of ketones is 2. The summed E-state index contributed by atoms with van der Waals surface area (Å²) in [7, 11) is 0. The van der Waals surface area contributed by atoms with Crippen LogP contribution in [0.2, 0.25) is 0 Å². The van der Waals surface area contributed by atoms with Crippen molar-refractivity contribution in [1.29, 1.82) is 0 Å². The molecule has 0 spiro atoms. The van der Waals surface area contributed by atoms with Gasteiger partial charge in [-0.05, 0) is 75.0 Å². The zero-order valence-electron chi connectivity index (χ0n) is 40.0. The third-order valence-electron chi connectivity index (χ3n) is 11.9. The lowest BCUT2D eigenvalue weighted by Gasteiger charge is -2.24. The van der Waals surface area contributed by atoms with Crippen LogP contribution in [0.4, 0.5) is 0 Å². The number of aromatic amines is 1. The zero-order valence-corrected chi connectivity index (χ0v) is 40.0. The second kappa shape index (κ2) is 28.6. The Kier molecular flexibility index (Phi) is 22.5. The van der Waals surface area contributed by atoms with Crippen LogP contribution in [0, 0.1) is 11.8 Å². The van der Waals surface area contributed by atoms with Gasteiger partial charge >= 0.3 is 0 Å². The minimum atomic E-state index is -1.55. The molecular formula is C48H68N14O9. The summed E-state index contributed by atoms with van der Waals surface area (Å²) in [6, 6.07) is 11.2. The second-order valence-electron chi connectivity index (χ2n) is 17.6. The van der Waals surface area contributed by atoms with Crippen molar-refractivity contribution in [3.63, 3.8) is 0 Å². The summed E-state index contributed by atoms with van der Waals surface area (Å²) in [4.78, 5) is 134. The van der Waals surface area contributed by atoms with Gasteiger partial charge in [-0.3, -0.25) is 53.1 Å². The SMILES string of the molecule is CC(=O)N[C@@H](CCCN=C(N)N)C(=O)N[C@H]1CC(=O)NCCCC[C@@H](C(N)=O)NC(=O)[C@H](Cc2c[nH]c3ccccc23)CC(=O)[C@H](CCCN=C(N)N)CC(=O)[C@@H](Cc2ccccc2)NC(=O)CNC1=O. The molecule has 23 nitrogen and oxygen atoms in total. The zero-order chi connectivity index (χ0) is 51.9. The van der Waals surface area contributed by atoms with E-state index in [-0.39, 0.29) is 89.3 Å². The molecule has 1 fully saturated rings. The summed E-state index contributed by atoms with van der Waals surface area (Å²) >= 11 is 0. The van der Waals surface area contributed by atoms with Crippen molar-refractivity contribution >= 4 is 75.7 Å². The Bertz CT molecular complexity index is 2400. The number of amides is 7. The number of guanidine groups is 2. The number of nitrogens with two attached hydrogens (primary N) is 5. The summed E-state index contributed by atoms with van der Waals surface area (Å²) < 4.78 is 0. The van der Waals surface area contributed by atoms with E-state index in [1.165, 1.54) is 6.92 Å². The van der Waals surface area contributed by atoms with Crippen LogP contribution in [-0.2, 0) is 56.0 Å². The van der Waals surface area contributed by atoms with E-state index in [4.69, 9.17) is 28.7 Å². The number of para-hydroxylation sites is 1. The highest BCUT2D eigenvalue weighted by molar-refractivity contribution is 5.98. The molecule has 7 amide bonds. The molecule has 71 heavy (non-hydrogen) atoms. The Hall–Kier alpha value is -7.85. The van der Waals surface area contributed by atoms with Crippen molar-refractivity contribution in [2.24, 2.45) is 50.5 Å². The van der Waals surface area contributed by atoms with Crippen LogP contribution in [0.3, 0.4) is 0 Å². The van der Waals surface area contributed by atoms with E-state index >= 15 is 0 Å². The average molecular weight is 985 g/mol. The number of H-pyrrole nitrogens is 1. The van der Waals surface area contributed by atoms with Gasteiger partial charge in [-0.1, -0.05) is 48.5 Å². The molecule has 2 aromatic carbocycles. The van der Waals surface area contributed by atoms with Crippen molar-refractivity contribution in [1.82, 2.24) is 36.9 Å². The molecule has 0 saturated carbocycles. The van der Waals surface area contributed by atoms with Gasteiger partial charge < -0.3 is 65.6 Å². The maximum Gasteiger partial charge on any atom is 0.243 e. The monoisotopic (exact) mass is 985 g/mol. The number of nitrogens with one attached hydrogen (secondary N) is 7. The Labute approximate surface area is 411 Å². The van der Waals surface area contributed by atoms with Crippen LogP contribution in [-0.4, -0.2) is 120 Å². The van der Waals surface area contributed by atoms with E-state index in [9.17, 15) is 43.2 Å². The second-order valence-corrected chi connectivity index (χ2v) is 17.6. The molecule has 1 aliphatic rings. The number of rotatable bonds is 16. The van der Waals surface area contributed by atoms with Crippen LogP contribution in [0.5, 0.6) is 0 Å². The van der Waals surface area contributed by atoms with Gasteiger partial charge in [0.1, 0.15) is 23.9 Å². The van der Waals surface area contributed by atoms with Crippen LogP contribution in [0.15, 0.2) is 70.8 Å². The van der Waals surface area contributed by atoms with Gasteiger partial charge in [0.15, 0.2) is 17.7 Å². The number of carbonyl (C=O) groups excluding carboxylic acids is 9. The quantitative estimate of drug-likeness (QED) is 0.0441. The molecule has 3 aromatic rings. The Morgan fingerprint density at radius 3 is 2.10 bits per heavy atom. The first kappa shape index (κ1) is 55.7. The predicted molar refractivity (Wildman–Crippen MR) is 265 cm³/mol. The number of aliphatic imine (C=N–C) groups is 2. The molecule has 0 bridgehead atoms. The van der Waals surface area contributed by atoms with Crippen LogP contribution in [0.1, 0.15) is 82.3 Å². The molecule has 1 saturated heterocycles. The van der Waals surface area contributed by atoms with Crippen LogP contribution >= 0.6 is 0 Å². The van der Waals surface area contributed by atoms with Crippen molar-refractivity contribution in [2.45, 2.75) is 108 Å². The van der Waals surface area contributed by atoms with Gasteiger partial charge in [0.25, 0.3) is 0 Å². The fourth-order valence-corrected chi connectivity index (χ4v) is 8.21. The van der Waals surface area contributed by atoms with Gasteiger partial charge in [-0.25, -0.2) is 0 Å². The summed E-state index contributed by atoms with van der Waals surface area (Å²) in [6.45, 7) is 0.842. The molecule has 4 rings (SSSR count). The highest BCUT2D eigenvalue weighted by Crippen LogP contribution is 2.26. The minimum absolute atomic E-state index is 0.000939. The van der Waals surface area contributed by atoms with Gasteiger partial charge in [-0.2, -0.15) is 0 Å². The van der Waals surface area contributed by atoms with Gasteiger partial charge in [0, 0.05) is 68.3 Å². The third-order valence-corrected chi connectivity index (χ3v) is 11.9. The molecular weight excluding hydrogens is 917 g/mol. The number of primary amides is 1. The normalized spacial score (nSPS) is 20.8. The van der Waals surface area contributed by atoms with Gasteiger partial charge in [-0.15, -0.1) is 0 Å². The van der Waals surface area contributed by atoms with Crippen molar-refractivity contribution < 1.29 is 43.2 Å². The lowest BCUT2D eigenvalue weighted by molar-refractivity contribution is -0.135. The first-order valence-electron chi connectivity index (χ1n) is 23.7. The van der Waals surface area contributed by atoms with Crippen molar-refractivity contribution in [3.8, 4) is 0 Å². The average Bonchev–Trinajstić information content (AvgIpc) is 3.73. The summed E-state index contributed by atoms with van der Waals surface area (Å²) in [5, 5.41) is 16.4. The minimum Gasteiger partial charge on any atom is -0.370 e. The maximum absolute atomic E-state index is 14.6. The van der Waals surface area contributed by atoms with Gasteiger partial charge in [0.2, 0.25) is 41.4 Å². The fourth-order valence-electron chi connectivity index (χ4n) is 8.21. The molecule has 6 atom stereocenters. The number of fused-ring (bicyclic) bond motifs is 1. The van der Waals surface area contributed by atoms with E-state index in [0.717, 1.165) is 16.5 Å². The van der Waals surface area contributed by atoms with Crippen LogP contribution < -0.4 is 60.6 Å². The van der Waals surface area contributed by atoms with Gasteiger partial charge in [0.05, 0.1) is 19.0 Å². The molecule has 17 N–H and O–H groups in total. The number of nitrogens with zero attached hydrogens (tertiary/aromatic N) is 2. The maximum atomic E-state index is 14.6. The van der Waals surface area contributed by atoms with Crippen LogP contribution in [0.25, 0.3) is 10.9 Å². The number of hydrogen-bond acceptors (Lipinski definition) is 11. The number of Topliss-reactive ketones (excluding diaryl/α,β-unsaturated/α-hetero) is 2. The smallest absolute Gasteiger partial charge is 0.243 e. The highest BCUT2D eigenvalue weighted by Gasteiger charge is 2.34. The van der Waals surface area contributed by atoms with E-state index in [2.05, 4.69) is 46.9 Å². The lowest BCUT2D eigenvalue weighted by atomic mass is 9.83. The fraction of sp³-hybridized carbons (Fsp3) is 0.479. The molecule has 1 aliphatic heterocycles. The summed E-state index contributed by atoms with van der Waals surface area (Å²) in [6.07, 6.45) is 1.95. The molecule has 0 unspecified atom stereocenters. The molecule has 23 heteroatoms. The first-order chi connectivity index (χ1) is 33.9. The number of carbonyl (C=O) groups is 9. The largest absolute Gasteiger partial charge is 0.370 e. The predicted octanol–water partition coefficient (Wildman–Crippen LogP) is -1.54. The number of benzene rings is 2. The Morgan fingerprint density at radius 1 is 0.732 bits per heavy atom. The van der Waals surface area contributed by atoms with E-state index in [0.29, 0.717) is 18.4 Å². The molecule has 2 heterocycles. The number of hydrogen-bond donors (Lipinski definition) is 12. The molecule has 384 valence electrons. The molecule has 0 radical (unpaired) electrons. The first-order valence-corrected chi connectivity index (χ1v) is 23.7. The lowest BCUT2D eigenvalue weighted by Crippen LogP contribution is -2.56. The number of aromatic nitrogens is 1. The molecule has 1 aromatic heterocycles. The van der Waals surface area contributed by atoms with E-state index in [1.54, 1.807) is 36.5 Å². The summed E-state index contributed by atoms with van der Waals surface area (Å²) in [5.41, 5.74) is 30.0. The summed E-state index contributed by atoms with van der Waals surface area (Å²) in [5.74, 6) is -8.45. The van der Waals surface area contributed by atoms with E-state index in [1.807, 2.05) is 24.3 Å². The Balaban J connectivity index is 1.69. The van der Waals surface area contributed by atoms with Crippen molar-refractivity contribution in [3.05, 3.63) is 71.9 Å². The molecule has 0 aliphatic carbocycles. The van der Waals surface area contributed by atoms with E-state index < -0.39 is 102 Å². The standard InChI is InChI=1S/C48H68N14O9/c1-28(63)59-36(17-10-20-56-48(52)53)46(71)62-38-25-41(66)54-18-8-7-16-35(43(49)68)61-44(69)31(22-32-26-57-34-15-6-5-14-33(32)34)24-39(64)30(13-9-19-55-47(50)51)23-40(65)37(21-29-11-3-2-4-12-29)60-42(67)27-58-45(38)70/h2-6,11-12,14-15,26,30-31,35-38,57H,7-10,13,16-25,27H2,1H3,(H2,49,68)(H,54,66)(H,58,70)(H,59,63)(H,60,67)(H,61,69)(H,62,71)(H4,50,51,55)(H4,52,53,56)/t30-,31-,35+,36+,37-,38+/m1/s1. The third kappa shape index (κ3) is 19.6. The highest BCUT2D eigenvalue weighted by atomic mass is 16.2. The Morgan fingerprint density at radius 2 is 1.41 bits per heavy atom.